The van der Waals surface area contributed by atoms with Gasteiger partial charge in [0, 0.05) is 36.3 Å². The van der Waals surface area contributed by atoms with Crippen molar-refractivity contribution in [2.24, 2.45) is 0 Å². The van der Waals surface area contributed by atoms with Crippen LogP contribution in [-0.2, 0) is 13.1 Å². The van der Waals surface area contributed by atoms with Crippen LogP contribution in [0.2, 0.25) is 0 Å². The van der Waals surface area contributed by atoms with Gasteiger partial charge in [-0.1, -0.05) is 36.4 Å². The number of rotatable bonds is 4. The fourth-order valence-corrected chi connectivity index (χ4v) is 3.10. The summed E-state index contributed by atoms with van der Waals surface area (Å²) in [6, 6.07) is 15.3. The maximum Gasteiger partial charge on any atom is 0.348 e. The summed E-state index contributed by atoms with van der Waals surface area (Å²) in [5.41, 5.74) is 1.15. The molecule has 0 atom stereocenters. The third kappa shape index (κ3) is 2.82. The van der Waals surface area contributed by atoms with Gasteiger partial charge in [-0.3, -0.25) is 9.13 Å². The van der Waals surface area contributed by atoms with E-state index in [-0.39, 0.29) is 11.4 Å². The Morgan fingerprint density at radius 3 is 1.60 bits per heavy atom. The minimum atomic E-state index is -0.276. The summed E-state index contributed by atoms with van der Waals surface area (Å²) in [6.07, 6.45) is 3.81. The predicted molar refractivity (Wildman–Crippen MR) is 96.6 cm³/mol. The van der Waals surface area contributed by atoms with Gasteiger partial charge in [0.15, 0.2) is 0 Å². The monoisotopic (exact) mass is 332 g/mol. The van der Waals surface area contributed by atoms with Gasteiger partial charge in [-0.15, -0.1) is 0 Å². The lowest BCUT2D eigenvalue weighted by Crippen LogP contribution is -2.26. The van der Waals surface area contributed by atoms with Crippen LogP contribution in [0.15, 0.2) is 70.5 Å². The molecule has 2 aromatic heterocycles. The average molecular weight is 332 g/mol. The first-order valence-electron chi connectivity index (χ1n) is 8.13. The molecule has 6 heteroatoms. The second-order valence-electron chi connectivity index (χ2n) is 5.86. The number of fused-ring (bicyclic) bond motifs is 2. The van der Waals surface area contributed by atoms with Crippen molar-refractivity contribution >= 4 is 21.8 Å². The fourth-order valence-electron chi connectivity index (χ4n) is 3.10. The summed E-state index contributed by atoms with van der Waals surface area (Å²) >= 11 is 0. The van der Waals surface area contributed by atoms with Crippen molar-refractivity contribution in [1.82, 2.24) is 19.1 Å². The molecule has 0 saturated carbocycles. The quantitative estimate of drug-likeness (QED) is 0.574. The van der Waals surface area contributed by atoms with Crippen LogP contribution < -0.4 is 11.4 Å². The molecule has 0 bridgehead atoms. The number of aromatic nitrogens is 4. The number of aryl methyl sites for hydroxylation is 2. The zero-order valence-electron chi connectivity index (χ0n) is 13.5. The molecule has 0 radical (unpaired) electrons. The average Bonchev–Trinajstić information content (AvgIpc) is 2.65. The molecule has 2 aromatic carbocycles. The van der Waals surface area contributed by atoms with E-state index in [0.717, 1.165) is 21.8 Å². The van der Waals surface area contributed by atoms with E-state index in [9.17, 15) is 9.59 Å². The summed E-state index contributed by atoms with van der Waals surface area (Å²) in [7, 11) is 0. The molecule has 0 aliphatic heterocycles. The van der Waals surface area contributed by atoms with Crippen LogP contribution in [0.3, 0.4) is 0 Å². The molecule has 25 heavy (non-hydrogen) atoms. The molecule has 4 aromatic rings. The molecule has 0 saturated heterocycles. The standard InChI is InChI=1S/C19H16N4O2/c24-18-20-12-14-6-1-3-8-16(14)22(18)10-5-11-23-17-9-4-2-7-15(17)13-21-19(23)25/h1-4,6-9,12-13H,5,10-11H2. The third-order valence-corrected chi connectivity index (χ3v) is 4.31. The molecule has 0 aliphatic carbocycles. The molecule has 0 unspecified atom stereocenters. The van der Waals surface area contributed by atoms with E-state index in [2.05, 4.69) is 9.97 Å². The number of nitrogens with zero attached hydrogens (tertiary/aromatic N) is 4. The van der Waals surface area contributed by atoms with Crippen LogP contribution in [0.4, 0.5) is 0 Å². The van der Waals surface area contributed by atoms with E-state index in [1.54, 1.807) is 21.5 Å². The fraction of sp³-hybridized carbons (Fsp3) is 0.158. The van der Waals surface area contributed by atoms with Gasteiger partial charge in [-0.05, 0) is 18.6 Å². The highest BCUT2D eigenvalue weighted by Gasteiger charge is 2.06. The smallest absolute Gasteiger partial charge is 0.292 e. The van der Waals surface area contributed by atoms with E-state index in [1.165, 1.54) is 0 Å². The summed E-state index contributed by atoms with van der Waals surface area (Å²) < 4.78 is 3.30. The molecule has 6 nitrogen and oxygen atoms in total. The number of hydrogen-bond donors (Lipinski definition) is 0. The molecule has 0 N–H and O–H groups in total. The van der Waals surface area contributed by atoms with Crippen molar-refractivity contribution in [2.45, 2.75) is 19.5 Å². The first-order chi connectivity index (χ1) is 12.2. The van der Waals surface area contributed by atoms with Crippen molar-refractivity contribution in [2.75, 3.05) is 0 Å². The van der Waals surface area contributed by atoms with E-state index in [4.69, 9.17) is 0 Å². The number of benzene rings is 2. The molecular weight excluding hydrogens is 316 g/mol. The number of para-hydroxylation sites is 2. The first kappa shape index (κ1) is 15.3. The van der Waals surface area contributed by atoms with Crippen molar-refractivity contribution in [1.29, 1.82) is 0 Å². The van der Waals surface area contributed by atoms with E-state index < -0.39 is 0 Å². The van der Waals surface area contributed by atoms with Gasteiger partial charge < -0.3 is 0 Å². The highest BCUT2D eigenvalue weighted by Crippen LogP contribution is 2.12. The lowest BCUT2D eigenvalue weighted by Gasteiger charge is -2.11. The molecule has 4 rings (SSSR count). The van der Waals surface area contributed by atoms with Gasteiger partial charge in [0.2, 0.25) is 0 Å². The largest absolute Gasteiger partial charge is 0.348 e. The summed E-state index contributed by atoms with van der Waals surface area (Å²) in [4.78, 5) is 32.1. The minimum absolute atomic E-state index is 0.276. The van der Waals surface area contributed by atoms with E-state index in [1.807, 2.05) is 48.5 Å². The van der Waals surface area contributed by atoms with Gasteiger partial charge in [-0.2, -0.15) is 0 Å². The molecule has 0 fully saturated rings. The Labute approximate surface area is 143 Å². The molecule has 124 valence electrons. The highest BCUT2D eigenvalue weighted by molar-refractivity contribution is 5.78. The van der Waals surface area contributed by atoms with Gasteiger partial charge in [-0.25, -0.2) is 19.6 Å². The van der Waals surface area contributed by atoms with Crippen LogP contribution in [0, 0.1) is 0 Å². The van der Waals surface area contributed by atoms with E-state index in [0.29, 0.717) is 19.5 Å². The van der Waals surface area contributed by atoms with Crippen LogP contribution in [0.5, 0.6) is 0 Å². The maximum absolute atomic E-state index is 12.1. The molecule has 2 heterocycles. The first-order valence-corrected chi connectivity index (χ1v) is 8.13. The molecule has 0 aliphatic rings. The Hall–Kier alpha value is -3.28. The normalized spacial score (nSPS) is 11.2. The second kappa shape index (κ2) is 6.32. The Balaban J connectivity index is 1.64. The SMILES string of the molecule is O=c1ncc2ccccc2n1CCCn1c(=O)ncc2ccccc21. The summed E-state index contributed by atoms with van der Waals surface area (Å²) in [6.45, 7) is 0.978. The Kier molecular flexibility index (Phi) is 3.85. The maximum atomic E-state index is 12.1. The zero-order valence-corrected chi connectivity index (χ0v) is 13.5. The highest BCUT2D eigenvalue weighted by atomic mass is 16.1. The van der Waals surface area contributed by atoms with Gasteiger partial charge in [0.05, 0.1) is 11.0 Å². The Morgan fingerprint density at radius 2 is 1.12 bits per heavy atom. The third-order valence-electron chi connectivity index (χ3n) is 4.31. The Bertz CT molecular complexity index is 1080. The van der Waals surface area contributed by atoms with Crippen molar-refractivity contribution in [3.63, 3.8) is 0 Å². The van der Waals surface area contributed by atoms with Crippen LogP contribution in [0.25, 0.3) is 21.8 Å². The number of hydrogen-bond acceptors (Lipinski definition) is 4. The van der Waals surface area contributed by atoms with E-state index >= 15 is 0 Å². The van der Waals surface area contributed by atoms with Crippen molar-refractivity contribution < 1.29 is 0 Å². The van der Waals surface area contributed by atoms with Gasteiger partial charge in [0.25, 0.3) is 0 Å². The summed E-state index contributed by atoms with van der Waals surface area (Å²) in [5.74, 6) is 0. The van der Waals surface area contributed by atoms with Crippen molar-refractivity contribution in [3.05, 3.63) is 81.9 Å². The van der Waals surface area contributed by atoms with Gasteiger partial charge >= 0.3 is 11.4 Å². The van der Waals surface area contributed by atoms with Crippen LogP contribution >= 0.6 is 0 Å². The predicted octanol–water partition coefficient (Wildman–Crippen LogP) is 2.20. The lowest BCUT2D eigenvalue weighted by molar-refractivity contribution is 0.552. The zero-order chi connectivity index (χ0) is 17.2. The molecule has 0 spiro atoms. The van der Waals surface area contributed by atoms with Crippen LogP contribution in [0.1, 0.15) is 6.42 Å². The minimum Gasteiger partial charge on any atom is -0.292 e. The van der Waals surface area contributed by atoms with Crippen molar-refractivity contribution in [3.8, 4) is 0 Å². The second-order valence-corrected chi connectivity index (χ2v) is 5.86. The molecule has 0 amide bonds. The Morgan fingerprint density at radius 1 is 0.680 bits per heavy atom. The van der Waals surface area contributed by atoms with Crippen LogP contribution in [-0.4, -0.2) is 19.1 Å². The topological polar surface area (TPSA) is 69.8 Å². The lowest BCUT2D eigenvalue weighted by atomic mass is 10.2. The molecular formula is C19H16N4O2. The summed E-state index contributed by atoms with van der Waals surface area (Å²) in [5, 5.41) is 1.84. The van der Waals surface area contributed by atoms with Gasteiger partial charge in [0.1, 0.15) is 0 Å².